The third-order valence-corrected chi connectivity index (χ3v) is 6.54. The molecule has 2 heterocycles. The number of hydrogen-bond donors (Lipinski definition) is 2. The maximum atomic E-state index is 13.4. The third kappa shape index (κ3) is 7.44. The first-order valence-electron chi connectivity index (χ1n) is 13.1. The first-order valence-corrected chi connectivity index (χ1v) is 13.1. The number of nitrogens with zero attached hydrogens (tertiary/aromatic N) is 2. The number of urea groups is 1. The van der Waals surface area contributed by atoms with Gasteiger partial charge in [-0.15, -0.1) is 0 Å². The Balaban J connectivity index is 1.51. The summed E-state index contributed by atoms with van der Waals surface area (Å²) in [6, 6.07) is 14.3. The number of piperidine rings is 1. The van der Waals surface area contributed by atoms with Crippen LogP contribution in [0.4, 0.5) is 14.9 Å². The summed E-state index contributed by atoms with van der Waals surface area (Å²) in [4.78, 5) is 19.2. The topological polar surface area (TPSA) is 83.9 Å². The van der Waals surface area contributed by atoms with Gasteiger partial charge in [0, 0.05) is 42.7 Å². The lowest BCUT2D eigenvalue weighted by molar-refractivity contribution is -0.0268. The maximum absolute atomic E-state index is 13.4. The average molecular weight is 522 g/mol. The zero-order valence-electron chi connectivity index (χ0n) is 22.4. The Hall–Kier alpha value is -3.65. The van der Waals surface area contributed by atoms with Crippen molar-refractivity contribution in [2.24, 2.45) is 5.92 Å². The predicted molar refractivity (Wildman–Crippen MR) is 146 cm³/mol. The zero-order valence-corrected chi connectivity index (χ0v) is 22.4. The van der Waals surface area contributed by atoms with E-state index in [1.54, 1.807) is 29.3 Å². The number of benzene rings is 2. The number of rotatable bonds is 8. The number of pyridine rings is 1. The highest BCUT2D eigenvalue weighted by Crippen LogP contribution is 2.34. The number of likely N-dealkylation sites (tertiary alicyclic amines) is 1. The van der Waals surface area contributed by atoms with E-state index in [1.807, 2.05) is 12.1 Å². The van der Waals surface area contributed by atoms with Crippen molar-refractivity contribution in [1.82, 2.24) is 9.88 Å². The monoisotopic (exact) mass is 521 g/mol. The summed E-state index contributed by atoms with van der Waals surface area (Å²) >= 11 is 0. The number of amides is 2. The fourth-order valence-corrected chi connectivity index (χ4v) is 4.62. The lowest BCUT2D eigenvalue weighted by Gasteiger charge is -2.39. The molecule has 0 saturated carbocycles. The van der Waals surface area contributed by atoms with Gasteiger partial charge in [-0.3, -0.25) is 4.98 Å². The molecule has 0 unspecified atom stereocenters. The molecular formula is C30H36FN3O4. The molecule has 1 saturated heterocycles. The quantitative estimate of drug-likeness (QED) is 0.324. The maximum Gasteiger partial charge on any atom is 0.321 e. The van der Waals surface area contributed by atoms with Crippen molar-refractivity contribution in [3.8, 4) is 23.0 Å². The summed E-state index contributed by atoms with van der Waals surface area (Å²) in [6.07, 6.45) is 3.46. The first-order chi connectivity index (χ1) is 18.1. The van der Waals surface area contributed by atoms with E-state index in [0.29, 0.717) is 66.5 Å². The number of ether oxygens (including phenoxy) is 2. The molecule has 202 valence electrons. The summed E-state index contributed by atoms with van der Waals surface area (Å²) in [5.41, 5.74) is 0.716. The van der Waals surface area contributed by atoms with Gasteiger partial charge in [-0.2, -0.15) is 0 Å². The van der Waals surface area contributed by atoms with Crippen molar-refractivity contribution in [2.75, 3.05) is 18.4 Å². The molecular weight excluding hydrogens is 485 g/mol. The van der Waals surface area contributed by atoms with E-state index in [-0.39, 0.29) is 11.8 Å². The molecule has 3 aromatic rings. The molecule has 1 aliphatic rings. The Morgan fingerprint density at radius 1 is 0.974 bits per heavy atom. The van der Waals surface area contributed by atoms with E-state index < -0.39 is 5.60 Å². The van der Waals surface area contributed by atoms with E-state index in [9.17, 15) is 14.3 Å². The van der Waals surface area contributed by atoms with Gasteiger partial charge in [0.05, 0.1) is 11.8 Å². The Kier molecular flexibility index (Phi) is 8.52. The second kappa shape index (κ2) is 11.8. The van der Waals surface area contributed by atoms with Gasteiger partial charge in [0.15, 0.2) is 0 Å². The van der Waals surface area contributed by atoms with E-state index in [0.717, 1.165) is 12.1 Å². The SMILES string of the molecule is CC(C)CC1(O)CCN(C(=O)Nc2cc(Oc3ccc(F)cc3)cc(Oc3ccc(C(C)C)nc3)c2)CC1. The van der Waals surface area contributed by atoms with Crippen molar-refractivity contribution in [2.45, 2.75) is 58.5 Å². The Bertz CT molecular complexity index is 1220. The van der Waals surface area contributed by atoms with Crippen LogP contribution in [0.3, 0.4) is 0 Å². The molecule has 7 nitrogen and oxygen atoms in total. The molecule has 0 spiro atoms. The van der Waals surface area contributed by atoms with Gasteiger partial charge in [0.2, 0.25) is 0 Å². The number of hydrogen-bond acceptors (Lipinski definition) is 5. The van der Waals surface area contributed by atoms with Gasteiger partial charge in [-0.1, -0.05) is 27.7 Å². The summed E-state index contributed by atoms with van der Waals surface area (Å²) in [5, 5.41) is 13.8. The summed E-state index contributed by atoms with van der Waals surface area (Å²) < 4.78 is 25.3. The summed E-state index contributed by atoms with van der Waals surface area (Å²) in [5.74, 6) is 2.19. The summed E-state index contributed by atoms with van der Waals surface area (Å²) in [6.45, 7) is 9.26. The van der Waals surface area contributed by atoms with Gasteiger partial charge in [0.1, 0.15) is 28.8 Å². The minimum atomic E-state index is -0.728. The number of halogens is 1. The normalized spacial score (nSPS) is 15.0. The van der Waals surface area contributed by atoms with Gasteiger partial charge < -0.3 is 24.8 Å². The molecule has 0 aliphatic carbocycles. The van der Waals surface area contributed by atoms with Crippen molar-refractivity contribution in [1.29, 1.82) is 0 Å². The van der Waals surface area contributed by atoms with Crippen molar-refractivity contribution < 1.29 is 23.8 Å². The number of carbonyl (C=O) groups is 1. The Morgan fingerprint density at radius 3 is 2.13 bits per heavy atom. The highest BCUT2D eigenvalue weighted by Gasteiger charge is 2.34. The average Bonchev–Trinajstić information content (AvgIpc) is 2.85. The highest BCUT2D eigenvalue weighted by molar-refractivity contribution is 5.90. The fraction of sp³-hybridized carbons (Fsp3) is 0.400. The molecule has 1 fully saturated rings. The van der Waals surface area contributed by atoms with E-state index in [4.69, 9.17) is 9.47 Å². The Morgan fingerprint density at radius 2 is 1.58 bits per heavy atom. The highest BCUT2D eigenvalue weighted by atomic mass is 19.1. The van der Waals surface area contributed by atoms with Crippen molar-refractivity contribution in [3.05, 3.63) is 72.3 Å². The number of anilines is 1. The third-order valence-electron chi connectivity index (χ3n) is 6.54. The zero-order chi connectivity index (χ0) is 27.3. The van der Waals surface area contributed by atoms with Crippen LogP contribution in [-0.4, -0.2) is 39.7 Å². The summed E-state index contributed by atoms with van der Waals surface area (Å²) in [7, 11) is 0. The largest absolute Gasteiger partial charge is 0.457 e. The molecule has 1 aromatic heterocycles. The molecule has 8 heteroatoms. The van der Waals surface area contributed by atoms with E-state index in [2.05, 4.69) is 38.0 Å². The molecule has 0 atom stereocenters. The van der Waals surface area contributed by atoms with Crippen LogP contribution >= 0.6 is 0 Å². The molecule has 2 N–H and O–H groups in total. The van der Waals surface area contributed by atoms with Crippen LogP contribution in [0.2, 0.25) is 0 Å². The van der Waals surface area contributed by atoms with Gasteiger partial charge >= 0.3 is 6.03 Å². The van der Waals surface area contributed by atoms with Crippen LogP contribution < -0.4 is 14.8 Å². The van der Waals surface area contributed by atoms with Gasteiger partial charge in [-0.05, 0) is 67.5 Å². The van der Waals surface area contributed by atoms with Crippen molar-refractivity contribution >= 4 is 11.7 Å². The molecule has 2 aromatic carbocycles. The smallest absolute Gasteiger partial charge is 0.321 e. The fourth-order valence-electron chi connectivity index (χ4n) is 4.62. The first kappa shape index (κ1) is 27.4. The van der Waals surface area contributed by atoms with Crippen LogP contribution in [0, 0.1) is 11.7 Å². The minimum Gasteiger partial charge on any atom is -0.457 e. The van der Waals surface area contributed by atoms with Gasteiger partial charge in [-0.25, -0.2) is 9.18 Å². The van der Waals surface area contributed by atoms with E-state index in [1.165, 1.54) is 24.3 Å². The molecule has 1 aliphatic heterocycles. The molecule has 0 bridgehead atoms. The number of nitrogens with one attached hydrogen (secondary N) is 1. The van der Waals surface area contributed by atoms with Crippen LogP contribution in [0.1, 0.15) is 58.6 Å². The van der Waals surface area contributed by atoms with Gasteiger partial charge in [0.25, 0.3) is 0 Å². The Labute approximate surface area is 223 Å². The van der Waals surface area contributed by atoms with Crippen LogP contribution in [0.5, 0.6) is 23.0 Å². The van der Waals surface area contributed by atoms with Crippen LogP contribution in [-0.2, 0) is 0 Å². The van der Waals surface area contributed by atoms with E-state index >= 15 is 0 Å². The lowest BCUT2D eigenvalue weighted by Crippen LogP contribution is -2.48. The second-order valence-electron chi connectivity index (χ2n) is 10.7. The molecule has 2 amide bonds. The molecule has 4 rings (SSSR count). The van der Waals surface area contributed by atoms with Crippen LogP contribution in [0.15, 0.2) is 60.8 Å². The number of carbonyl (C=O) groups excluding carboxylic acids is 1. The molecule has 38 heavy (non-hydrogen) atoms. The molecule has 0 radical (unpaired) electrons. The predicted octanol–water partition coefficient (Wildman–Crippen LogP) is 7.33. The minimum absolute atomic E-state index is 0.260. The van der Waals surface area contributed by atoms with Crippen LogP contribution in [0.25, 0.3) is 0 Å². The lowest BCUT2D eigenvalue weighted by atomic mass is 9.84. The number of aliphatic hydroxyl groups is 1. The second-order valence-corrected chi connectivity index (χ2v) is 10.7. The number of aromatic nitrogens is 1. The van der Waals surface area contributed by atoms with Crippen molar-refractivity contribution in [3.63, 3.8) is 0 Å². The standard InChI is InChI=1S/C30H36FN3O4/c1-20(2)18-30(36)11-13-34(14-12-30)29(35)33-23-15-26(37-24-7-5-22(31)6-8-24)17-27(16-23)38-25-9-10-28(21(3)4)32-19-25/h5-10,15-17,19-21,36H,11-14,18H2,1-4H3,(H,33,35).